The molecular formula is C11H10ClNOS. The molecule has 0 bridgehead atoms. The molecule has 0 aliphatic rings. The topological polar surface area (TPSA) is 33.1 Å². The molecule has 2 rings (SSSR count). The molecule has 1 atom stereocenters. The summed E-state index contributed by atoms with van der Waals surface area (Å²) in [5.74, 6) is 0. The van der Waals surface area contributed by atoms with E-state index in [1.165, 1.54) is 0 Å². The van der Waals surface area contributed by atoms with Gasteiger partial charge in [-0.25, -0.2) is 0 Å². The number of nitrogens with zero attached hydrogens (tertiary/aromatic N) is 1. The maximum absolute atomic E-state index is 10.0. The molecule has 2 heterocycles. The number of aliphatic hydroxyl groups excluding tert-OH is 1. The zero-order valence-electron chi connectivity index (χ0n) is 8.14. The van der Waals surface area contributed by atoms with Gasteiger partial charge in [-0.15, -0.1) is 11.3 Å². The van der Waals surface area contributed by atoms with E-state index in [1.54, 1.807) is 29.7 Å². The fraction of sp³-hybridized carbons (Fsp3) is 0.182. The van der Waals surface area contributed by atoms with Crippen molar-refractivity contribution in [2.75, 3.05) is 0 Å². The van der Waals surface area contributed by atoms with Crippen molar-refractivity contribution in [3.05, 3.63) is 50.9 Å². The summed E-state index contributed by atoms with van der Waals surface area (Å²) in [7, 11) is 0. The lowest BCUT2D eigenvalue weighted by Crippen LogP contribution is -2.00. The standard InChI is InChI=1S/C11H10ClNOS/c1-7-4-5-9(15-7)11(14)10-8(12)3-2-6-13-10/h2-6,11,14H,1H3. The van der Waals surface area contributed by atoms with Gasteiger partial charge >= 0.3 is 0 Å². The highest BCUT2D eigenvalue weighted by Crippen LogP contribution is 2.30. The summed E-state index contributed by atoms with van der Waals surface area (Å²) in [4.78, 5) is 6.12. The Bertz CT molecular complexity index is 469. The summed E-state index contributed by atoms with van der Waals surface area (Å²) in [6.07, 6.45) is 0.905. The van der Waals surface area contributed by atoms with Crippen LogP contribution in [-0.2, 0) is 0 Å². The van der Waals surface area contributed by atoms with E-state index in [4.69, 9.17) is 11.6 Å². The number of rotatable bonds is 2. The van der Waals surface area contributed by atoms with Crippen LogP contribution in [0.2, 0.25) is 5.02 Å². The van der Waals surface area contributed by atoms with Gasteiger partial charge in [0.2, 0.25) is 0 Å². The van der Waals surface area contributed by atoms with E-state index >= 15 is 0 Å². The molecule has 78 valence electrons. The van der Waals surface area contributed by atoms with Crippen LogP contribution >= 0.6 is 22.9 Å². The lowest BCUT2D eigenvalue weighted by molar-refractivity contribution is 0.219. The third-order valence-electron chi connectivity index (χ3n) is 2.08. The monoisotopic (exact) mass is 239 g/mol. The largest absolute Gasteiger partial charge is 0.381 e. The summed E-state index contributed by atoms with van der Waals surface area (Å²) >= 11 is 7.51. The van der Waals surface area contributed by atoms with Crippen LogP contribution in [0, 0.1) is 6.92 Å². The quantitative estimate of drug-likeness (QED) is 0.873. The molecule has 2 nitrogen and oxygen atoms in total. The molecule has 15 heavy (non-hydrogen) atoms. The number of aromatic nitrogens is 1. The Morgan fingerprint density at radius 1 is 1.40 bits per heavy atom. The van der Waals surface area contributed by atoms with E-state index in [2.05, 4.69) is 4.98 Å². The van der Waals surface area contributed by atoms with Crippen LogP contribution in [0.15, 0.2) is 30.5 Å². The second-order valence-corrected chi connectivity index (χ2v) is 4.95. The van der Waals surface area contributed by atoms with Crippen molar-refractivity contribution in [1.82, 2.24) is 4.98 Å². The van der Waals surface area contributed by atoms with Gasteiger partial charge in [0.1, 0.15) is 6.10 Å². The van der Waals surface area contributed by atoms with Crippen LogP contribution in [0.25, 0.3) is 0 Å². The number of aliphatic hydroxyl groups is 1. The Balaban J connectivity index is 2.36. The molecule has 4 heteroatoms. The molecule has 0 saturated carbocycles. The van der Waals surface area contributed by atoms with Gasteiger partial charge in [0.15, 0.2) is 0 Å². The van der Waals surface area contributed by atoms with Crippen LogP contribution in [0.4, 0.5) is 0 Å². The molecule has 0 aromatic carbocycles. The first kappa shape index (κ1) is 10.6. The minimum absolute atomic E-state index is 0.496. The van der Waals surface area contributed by atoms with E-state index in [-0.39, 0.29) is 0 Å². The second-order valence-electron chi connectivity index (χ2n) is 3.22. The van der Waals surface area contributed by atoms with E-state index in [9.17, 15) is 5.11 Å². The number of hydrogen-bond acceptors (Lipinski definition) is 3. The molecule has 0 amide bonds. The molecular weight excluding hydrogens is 230 g/mol. The smallest absolute Gasteiger partial charge is 0.132 e. The van der Waals surface area contributed by atoms with Gasteiger partial charge in [0.25, 0.3) is 0 Å². The molecule has 1 unspecified atom stereocenters. The minimum atomic E-state index is -0.725. The SMILES string of the molecule is Cc1ccc(C(O)c2ncccc2Cl)s1. The zero-order chi connectivity index (χ0) is 10.8. The first-order valence-corrected chi connectivity index (χ1v) is 5.73. The highest BCUT2D eigenvalue weighted by Gasteiger charge is 2.16. The maximum atomic E-state index is 10.0. The van der Waals surface area contributed by atoms with Gasteiger partial charge in [-0.05, 0) is 31.2 Å². The van der Waals surface area contributed by atoms with Gasteiger partial charge in [-0.2, -0.15) is 0 Å². The number of hydrogen-bond donors (Lipinski definition) is 1. The summed E-state index contributed by atoms with van der Waals surface area (Å²) in [6, 6.07) is 7.35. The average molecular weight is 240 g/mol. The highest BCUT2D eigenvalue weighted by atomic mass is 35.5. The van der Waals surface area contributed by atoms with Crippen molar-refractivity contribution in [3.8, 4) is 0 Å². The number of pyridine rings is 1. The van der Waals surface area contributed by atoms with Gasteiger partial charge in [-0.3, -0.25) is 4.98 Å². The molecule has 0 fully saturated rings. The molecule has 0 aliphatic heterocycles. The van der Waals surface area contributed by atoms with Crippen LogP contribution in [0.1, 0.15) is 21.6 Å². The van der Waals surface area contributed by atoms with Crippen LogP contribution in [0.5, 0.6) is 0 Å². The average Bonchev–Trinajstić information content (AvgIpc) is 2.65. The highest BCUT2D eigenvalue weighted by molar-refractivity contribution is 7.12. The van der Waals surface area contributed by atoms with Gasteiger partial charge in [0, 0.05) is 16.0 Å². The molecule has 0 aliphatic carbocycles. The van der Waals surface area contributed by atoms with Gasteiger partial charge in [-0.1, -0.05) is 11.6 Å². The van der Waals surface area contributed by atoms with Gasteiger partial charge in [0.05, 0.1) is 10.7 Å². The van der Waals surface area contributed by atoms with Crippen molar-refractivity contribution in [1.29, 1.82) is 0 Å². The normalized spacial score (nSPS) is 12.7. The third-order valence-corrected chi connectivity index (χ3v) is 3.45. The lowest BCUT2D eigenvalue weighted by Gasteiger charge is -2.08. The molecule has 1 N–H and O–H groups in total. The van der Waals surface area contributed by atoms with E-state index in [0.717, 1.165) is 9.75 Å². The summed E-state index contributed by atoms with van der Waals surface area (Å²) < 4.78 is 0. The molecule has 0 radical (unpaired) electrons. The fourth-order valence-electron chi connectivity index (χ4n) is 1.33. The third kappa shape index (κ3) is 2.20. The number of aryl methyl sites for hydroxylation is 1. The number of halogens is 1. The second kappa shape index (κ2) is 4.31. The van der Waals surface area contributed by atoms with Crippen LogP contribution in [0.3, 0.4) is 0 Å². The minimum Gasteiger partial charge on any atom is -0.381 e. The summed E-state index contributed by atoms with van der Waals surface area (Å²) in [5.41, 5.74) is 0.515. The maximum Gasteiger partial charge on any atom is 0.132 e. The predicted octanol–water partition coefficient (Wildman–Crippen LogP) is 3.19. The van der Waals surface area contributed by atoms with Crippen molar-refractivity contribution in [3.63, 3.8) is 0 Å². The predicted molar refractivity (Wildman–Crippen MR) is 62.4 cm³/mol. The summed E-state index contributed by atoms with van der Waals surface area (Å²) in [6.45, 7) is 2.00. The van der Waals surface area contributed by atoms with Crippen LogP contribution in [-0.4, -0.2) is 10.1 Å². The number of thiophene rings is 1. The molecule has 2 aromatic rings. The Kier molecular flexibility index (Phi) is 3.05. The Labute approximate surface area is 97.2 Å². The first-order valence-electron chi connectivity index (χ1n) is 4.53. The zero-order valence-corrected chi connectivity index (χ0v) is 9.72. The van der Waals surface area contributed by atoms with Crippen molar-refractivity contribution in [2.24, 2.45) is 0 Å². The summed E-state index contributed by atoms with van der Waals surface area (Å²) in [5, 5.41) is 10.5. The fourth-order valence-corrected chi connectivity index (χ4v) is 2.43. The van der Waals surface area contributed by atoms with E-state index < -0.39 is 6.10 Å². The molecule has 0 spiro atoms. The molecule has 0 saturated heterocycles. The van der Waals surface area contributed by atoms with Gasteiger partial charge < -0.3 is 5.11 Å². The Morgan fingerprint density at radius 2 is 2.20 bits per heavy atom. The lowest BCUT2D eigenvalue weighted by atomic mass is 10.2. The van der Waals surface area contributed by atoms with Crippen molar-refractivity contribution < 1.29 is 5.11 Å². The van der Waals surface area contributed by atoms with E-state index in [0.29, 0.717) is 10.7 Å². The Hall–Kier alpha value is -0.900. The first-order chi connectivity index (χ1) is 7.18. The molecule has 2 aromatic heterocycles. The van der Waals surface area contributed by atoms with Crippen molar-refractivity contribution in [2.45, 2.75) is 13.0 Å². The van der Waals surface area contributed by atoms with Crippen molar-refractivity contribution >= 4 is 22.9 Å². The van der Waals surface area contributed by atoms with Crippen LogP contribution < -0.4 is 0 Å². The van der Waals surface area contributed by atoms with E-state index in [1.807, 2.05) is 19.1 Å². The Morgan fingerprint density at radius 3 is 2.80 bits per heavy atom.